The highest BCUT2D eigenvalue weighted by atomic mass is 16.4. The van der Waals surface area contributed by atoms with Crippen LogP contribution in [-0.2, 0) is 4.79 Å². The minimum Gasteiger partial charge on any atom is -0.409 e. The van der Waals surface area contributed by atoms with Gasteiger partial charge in [-0.3, -0.25) is 4.79 Å². The molecule has 0 radical (unpaired) electrons. The fraction of sp³-hybridized carbons (Fsp3) is 0.818. The van der Waals surface area contributed by atoms with Gasteiger partial charge in [-0.05, 0) is 33.4 Å². The van der Waals surface area contributed by atoms with Crippen LogP contribution in [0.4, 0.5) is 0 Å². The minimum absolute atomic E-state index is 0.0381. The van der Waals surface area contributed by atoms with Gasteiger partial charge in [0.15, 0.2) is 5.84 Å². The number of carbonyl (C=O) groups excluding carboxylic acids is 1. The topological polar surface area (TPSA) is 91.0 Å². The molecule has 2 unspecified atom stereocenters. The summed E-state index contributed by atoms with van der Waals surface area (Å²) >= 11 is 0. The molecule has 2 atom stereocenters. The fourth-order valence-corrected chi connectivity index (χ4v) is 1.97. The molecule has 0 aromatic carbocycles. The summed E-state index contributed by atoms with van der Waals surface area (Å²) < 4.78 is 0. The normalized spacial score (nSPS) is 25.6. The second-order valence-electron chi connectivity index (χ2n) is 4.89. The molecule has 1 fully saturated rings. The molecule has 0 aromatic heterocycles. The van der Waals surface area contributed by atoms with E-state index in [1.165, 1.54) is 0 Å². The zero-order chi connectivity index (χ0) is 13.1. The zero-order valence-electron chi connectivity index (χ0n) is 10.7. The molecule has 4 N–H and O–H groups in total. The van der Waals surface area contributed by atoms with Crippen molar-refractivity contribution in [2.24, 2.45) is 16.3 Å². The van der Waals surface area contributed by atoms with Crippen LogP contribution in [0.5, 0.6) is 0 Å². The predicted octanol–water partition coefficient (Wildman–Crippen LogP) is -0.0306. The molecule has 1 heterocycles. The quantitative estimate of drug-likeness (QED) is 0.279. The molecular weight excluding hydrogens is 220 g/mol. The Morgan fingerprint density at radius 3 is 2.76 bits per heavy atom. The van der Waals surface area contributed by atoms with Gasteiger partial charge in [0.05, 0.1) is 0 Å². The number of carbonyl (C=O) groups is 1. The molecule has 1 aliphatic heterocycles. The van der Waals surface area contributed by atoms with Crippen molar-refractivity contribution in [3.63, 3.8) is 0 Å². The molecule has 6 heteroatoms. The molecule has 0 aliphatic carbocycles. The summed E-state index contributed by atoms with van der Waals surface area (Å²) in [5.41, 5.74) is 4.66. The van der Waals surface area contributed by atoms with Crippen LogP contribution >= 0.6 is 0 Å². The highest BCUT2D eigenvalue weighted by Gasteiger charge is 2.38. The van der Waals surface area contributed by atoms with Gasteiger partial charge in [-0.1, -0.05) is 12.1 Å². The van der Waals surface area contributed by atoms with Crippen LogP contribution in [0.2, 0.25) is 0 Å². The van der Waals surface area contributed by atoms with Crippen molar-refractivity contribution in [1.82, 2.24) is 10.2 Å². The van der Waals surface area contributed by atoms with Crippen molar-refractivity contribution in [1.29, 1.82) is 0 Å². The summed E-state index contributed by atoms with van der Waals surface area (Å²) in [5.74, 6) is -0.209. The summed E-state index contributed by atoms with van der Waals surface area (Å²) in [6.45, 7) is 5.37. The Hall–Kier alpha value is -1.30. The van der Waals surface area contributed by atoms with E-state index in [0.29, 0.717) is 6.42 Å². The monoisotopic (exact) mass is 242 g/mol. The van der Waals surface area contributed by atoms with E-state index in [1.807, 2.05) is 14.0 Å². The second-order valence-corrected chi connectivity index (χ2v) is 4.89. The average Bonchev–Trinajstić information content (AvgIpc) is 2.72. The molecule has 17 heavy (non-hydrogen) atoms. The standard InChI is InChI=1S/C11H22N4O2/c1-4-11(2,9(12)14-17)10(16)13-8-5-6-15(3)7-8/h8,17H,4-7H2,1-3H3,(H2,12,14)(H,13,16). The third-order valence-electron chi connectivity index (χ3n) is 3.61. The van der Waals surface area contributed by atoms with Crippen LogP contribution in [0.15, 0.2) is 5.16 Å². The van der Waals surface area contributed by atoms with Gasteiger partial charge in [0.1, 0.15) is 5.41 Å². The molecule has 1 amide bonds. The Kier molecular flexibility index (Phi) is 4.34. The number of amides is 1. The van der Waals surface area contributed by atoms with Gasteiger partial charge in [-0.25, -0.2) is 0 Å². The highest BCUT2D eigenvalue weighted by molar-refractivity contribution is 6.06. The van der Waals surface area contributed by atoms with E-state index in [-0.39, 0.29) is 17.8 Å². The molecule has 0 spiro atoms. The lowest BCUT2D eigenvalue weighted by molar-refractivity contribution is -0.127. The Bertz CT molecular complexity index is 319. The Morgan fingerprint density at radius 1 is 1.71 bits per heavy atom. The number of amidine groups is 1. The minimum atomic E-state index is -0.935. The molecule has 0 bridgehead atoms. The first-order valence-electron chi connectivity index (χ1n) is 5.91. The van der Waals surface area contributed by atoms with E-state index in [9.17, 15) is 4.79 Å². The number of nitrogens with two attached hydrogens (primary N) is 1. The second kappa shape index (κ2) is 5.35. The summed E-state index contributed by atoms with van der Waals surface area (Å²) in [6, 6.07) is 0.157. The van der Waals surface area contributed by atoms with Crippen LogP contribution in [0.3, 0.4) is 0 Å². The first kappa shape index (κ1) is 13.8. The fourth-order valence-electron chi connectivity index (χ4n) is 1.97. The number of oxime groups is 1. The van der Waals surface area contributed by atoms with Crippen LogP contribution in [-0.4, -0.2) is 48.0 Å². The summed E-state index contributed by atoms with van der Waals surface area (Å²) in [6.07, 6.45) is 1.44. The first-order chi connectivity index (χ1) is 7.93. The number of likely N-dealkylation sites (N-methyl/N-ethyl adjacent to an activating group) is 1. The van der Waals surface area contributed by atoms with Crippen molar-refractivity contribution in [3.05, 3.63) is 0 Å². The third-order valence-corrected chi connectivity index (χ3v) is 3.61. The molecule has 1 rings (SSSR count). The van der Waals surface area contributed by atoms with Crippen LogP contribution in [0, 0.1) is 5.41 Å². The van der Waals surface area contributed by atoms with Gasteiger partial charge in [0, 0.05) is 12.6 Å². The zero-order valence-corrected chi connectivity index (χ0v) is 10.7. The van der Waals surface area contributed by atoms with Gasteiger partial charge >= 0.3 is 0 Å². The third kappa shape index (κ3) is 2.88. The predicted molar refractivity (Wildman–Crippen MR) is 65.9 cm³/mol. The van der Waals surface area contributed by atoms with Crippen molar-refractivity contribution >= 4 is 11.7 Å². The Morgan fingerprint density at radius 2 is 2.35 bits per heavy atom. The number of nitrogens with zero attached hydrogens (tertiary/aromatic N) is 2. The van der Waals surface area contributed by atoms with Crippen molar-refractivity contribution in [2.45, 2.75) is 32.7 Å². The number of hydrogen-bond acceptors (Lipinski definition) is 4. The molecule has 0 aromatic rings. The lowest BCUT2D eigenvalue weighted by Crippen LogP contribution is -2.50. The molecule has 6 nitrogen and oxygen atoms in total. The maximum Gasteiger partial charge on any atom is 0.233 e. The van der Waals surface area contributed by atoms with E-state index in [0.717, 1.165) is 19.5 Å². The lowest BCUT2D eigenvalue weighted by Gasteiger charge is -2.27. The van der Waals surface area contributed by atoms with Gasteiger partial charge in [0.2, 0.25) is 5.91 Å². The van der Waals surface area contributed by atoms with E-state index in [1.54, 1.807) is 6.92 Å². The van der Waals surface area contributed by atoms with E-state index in [2.05, 4.69) is 15.4 Å². The highest BCUT2D eigenvalue weighted by Crippen LogP contribution is 2.22. The number of rotatable bonds is 4. The van der Waals surface area contributed by atoms with Crippen LogP contribution < -0.4 is 11.1 Å². The molecule has 98 valence electrons. The first-order valence-corrected chi connectivity index (χ1v) is 5.91. The number of likely N-dealkylation sites (tertiary alicyclic amines) is 1. The largest absolute Gasteiger partial charge is 0.409 e. The lowest BCUT2D eigenvalue weighted by atomic mass is 9.85. The number of nitrogens with one attached hydrogen (secondary N) is 1. The van der Waals surface area contributed by atoms with Gasteiger partial charge in [-0.15, -0.1) is 0 Å². The molecule has 1 saturated heterocycles. The van der Waals surface area contributed by atoms with Crippen molar-refractivity contribution < 1.29 is 10.0 Å². The smallest absolute Gasteiger partial charge is 0.233 e. The van der Waals surface area contributed by atoms with E-state index in [4.69, 9.17) is 10.9 Å². The van der Waals surface area contributed by atoms with Crippen LogP contribution in [0.1, 0.15) is 26.7 Å². The summed E-state index contributed by atoms with van der Waals surface area (Å²) in [5, 5.41) is 14.7. The summed E-state index contributed by atoms with van der Waals surface area (Å²) in [7, 11) is 2.02. The Labute approximate surface area is 102 Å². The maximum absolute atomic E-state index is 12.2. The van der Waals surface area contributed by atoms with E-state index < -0.39 is 5.41 Å². The Balaban J connectivity index is 2.67. The van der Waals surface area contributed by atoms with E-state index >= 15 is 0 Å². The van der Waals surface area contributed by atoms with Crippen LogP contribution in [0.25, 0.3) is 0 Å². The molecule has 0 saturated carbocycles. The molecule has 1 aliphatic rings. The maximum atomic E-state index is 12.2. The van der Waals surface area contributed by atoms with Crippen molar-refractivity contribution in [2.75, 3.05) is 20.1 Å². The number of hydrogen-bond donors (Lipinski definition) is 3. The molecular formula is C11H22N4O2. The van der Waals surface area contributed by atoms with Gasteiger partial charge < -0.3 is 21.2 Å². The SMILES string of the molecule is CCC(C)(C(=O)NC1CCN(C)C1)C(N)=NO. The summed E-state index contributed by atoms with van der Waals surface area (Å²) in [4.78, 5) is 14.3. The van der Waals surface area contributed by atoms with Crippen molar-refractivity contribution in [3.8, 4) is 0 Å². The van der Waals surface area contributed by atoms with Gasteiger partial charge in [-0.2, -0.15) is 0 Å². The van der Waals surface area contributed by atoms with Gasteiger partial charge in [0.25, 0.3) is 0 Å². The average molecular weight is 242 g/mol.